The van der Waals surface area contributed by atoms with Crippen molar-refractivity contribution in [3.8, 4) is 0 Å². The summed E-state index contributed by atoms with van der Waals surface area (Å²) >= 11 is 0. The van der Waals surface area contributed by atoms with E-state index in [1.54, 1.807) is 0 Å². The molecule has 0 bridgehead atoms. The Balaban J connectivity index is 2.09. The summed E-state index contributed by atoms with van der Waals surface area (Å²) in [5.41, 5.74) is 5.87. The van der Waals surface area contributed by atoms with Crippen molar-refractivity contribution in [1.29, 1.82) is 0 Å². The fourth-order valence-electron chi connectivity index (χ4n) is 3.42. The first-order valence-corrected chi connectivity index (χ1v) is 7.45. The standard InChI is InChI=1S/C14H27N3O/c1-16-9-6-10-17(13(11-15)14(16)18)12-7-4-2-3-5-8-12/h12-13H,2-11,15H2,1H3. The topological polar surface area (TPSA) is 49.6 Å². The molecule has 0 aromatic rings. The van der Waals surface area contributed by atoms with Gasteiger partial charge in [0.25, 0.3) is 0 Å². The van der Waals surface area contributed by atoms with E-state index in [0.717, 1.165) is 19.5 Å². The normalized spacial score (nSPS) is 29.1. The van der Waals surface area contributed by atoms with Crippen molar-refractivity contribution in [3.05, 3.63) is 0 Å². The number of amides is 1. The van der Waals surface area contributed by atoms with Crippen molar-refractivity contribution >= 4 is 5.91 Å². The molecule has 0 aromatic carbocycles. The van der Waals surface area contributed by atoms with Gasteiger partial charge in [-0.15, -0.1) is 0 Å². The lowest BCUT2D eigenvalue weighted by molar-refractivity contribution is -0.134. The van der Waals surface area contributed by atoms with E-state index in [0.29, 0.717) is 12.6 Å². The fraction of sp³-hybridized carbons (Fsp3) is 0.929. The molecule has 1 unspecified atom stereocenters. The molecule has 2 fully saturated rings. The van der Waals surface area contributed by atoms with Gasteiger partial charge in [-0.05, 0) is 19.3 Å². The second kappa shape index (κ2) is 6.53. The average Bonchev–Trinajstić information content (AvgIpc) is 2.71. The number of rotatable bonds is 2. The Labute approximate surface area is 110 Å². The lowest BCUT2D eigenvalue weighted by atomic mass is 10.0. The Kier molecular flexibility index (Phi) is 5.01. The van der Waals surface area contributed by atoms with Crippen LogP contribution >= 0.6 is 0 Å². The van der Waals surface area contributed by atoms with Crippen molar-refractivity contribution in [1.82, 2.24) is 9.80 Å². The lowest BCUT2D eigenvalue weighted by Crippen LogP contribution is -2.52. The Bertz CT molecular complexity index is 274. The van der Waals surface area contributed by atoms with Crippen molar-refractivity contribution in [2.75, 3.05) is 26.7 Å². The van der Waals surface area contributed by atoms with Gasteiger partial charge in [-0.3, -0.25) is 9.69 Å². The van der Waals surface area contributed by atoms with Crippen molar-refractivity contribution in [2.45, 2.75) is 57.0 Å². The van der Waals surface area contributed by atoms with Crippen LogP contribution in [-0.2, 0) is 4.79 Å². The van der Waals surface area contributed by atoms with Crippen LogP contribution in [0, 0.1) is 0 Å². The highest BCUT2D eigenvalue weighted by atomic mass is 16.2. The summed E-state index contributed by atoms with van der Waals surface area (Å²) in [5.74, 6) is 0.222. The SMILES string of the molecule is CN1CCCN(C2CCCCCC2)C(CN)C1=O. The largest absolute Gasteiger partial charge is 0.344 e. The highest BCUT2D eigenvalue weighted by molar-refractivity contribution is 5.82. The molecule has 1 aliphatic carbocycles. The predicted molar refractivity (Wildman–Crippen MR) is 73.3 cm³/mol. The number of carbonyl (C=O) groups is 1. The first-order chi connectivity index (χ1) is 8.74. The van der Waals surface area contributed by atoms with E-state index in [-0.39, 0.29) is 11.9 Å². The van der Waals surface area contributed by atoms with Gasteiger partial charge < -0.3 is 10.6 Å². The molecule has 2 rings (SSSR count). The molecule has 4 nitrogen and oxygen atoms in total. The summed E-state index contributed by atoms with van der Waals surface area (Å²) in [7, 11) is 1.90. The van der Waals surface area contributed by atoms with Crippen molar-refractivity contribution < 1.29 is 4.79 Å². The molecular weight excluding hydrogens is 226 g/mol. The van der Waals surface area contributed by atoms with Crippen molar-refractivity contribution in [3.63, 3.8) is 0 Å². The Morgan fingerprint density at radius 2 is 1.78 bits per heavy atom. The maximum Gasteiger partial charge on any atom is 0.240 e. The molecule has 2 aliphatic rings. The van der Waals surface area contributed by atoms with Crippen LogP contribution in [0.25, 0.3) is 0 Å². The zero-order valence-corrected chi connectivity index (χ0v) is 11.6. The number of nitrogens with zero attached hydrogens (tertiary/aromatic N) is 2. The molecular formula is C14H27N3O. The molecule has 1 aliphatic heterocycles. The van der Waals surface area contributed by atoms with Gasteiger partial charge in [0.1, 0.15) is 6.04 Å². The predicted octanol–water partition coefficient (Wildman–Crippen LogP) is 1.20. The molecule has 18 heavy (non-hydrogen) atoms. The van der Waals surface area contributed by atoms with E-state index < -0.39 is 0 Å². The molecule has 1 amide bonds. The van der Waals surface area contributed by atoms with Crippen LogP contribution < -0.4 is 5.73 Å². The van der Waals surface area contributed by atoms with Crippen LogP contribution in [0.5, 0.6) is 0 Å². The zero-order valence-electron chi connectivity index (χ0n) is 11.6. The summed E-state index contributed by atoms with van der Waals surface area (Å²) in [6, 6.07) is 0.497. The number of hydrogen-bond donors (Lipinski definition) is 1. The van der Waals surface area contributed by atoms with Gasteiger partial charge in [0.05, 0.1) is 0 Å². The smallest absolute Gasteiger partial charge is 0.240 e. The summed E-state index contributed by atoms with van der Waals surface area (Å²) in [5, 5.41) is 0. The van der Waals surface area contributed by atoms with Crippen LogP contribution in [-0.4, -0.2) is 54.5 Å². The zero-order chi connectivity index (χ0) is 13.0. The van der Waals surface area contributed by atoms with E-state index in [1.165, 1.54) is 38.5 Å². The molecule has 1 atom stereocenters. The van der Waals surface area contributed by atoms with Crippen LogP contribution in [0.4, 0.5) is 0 Å². The highest BCUT2D eigenvalue weighted by Gasteiger charge is 2.34. The minimum atomic E-state index is -0.0828. The Morgan fingerprint density at radius 3 is 2.39 bits per heavy atom. The molecule has 104 valence electrons. The molecule has 0 aromatic heterocycles. The Hall–Kier alpha value is -0.610. The number of nitrogens with two attached hydrogens (primary N) is 1. The lowest BCUT2D eigenvalue weighted by Gasteiger charge is -2.35. The highest BCUT2D eigenvalue weighted by Crippen LogP contribution is 2.25. The molecule has 0 radical (unpaired) electrons. The second-order valence-corrected chi connectivity index (χ2v) is 5.75. The first kappa shape index (κ1) is 13.8. The third-order valence-corrected chi connectivity index (χ3v) is 4.49. The van der Waals surface area contributed by atoms with Gasteiger partial charge in [-0.25, -0.2) is 0 Å². The van der Waals surface area contributed by atoms with Gasteiger partial charge in [0, 0.05) is 32.7 Å². The van der Waals surface area contributed by atoms with E-state index in [1.807, 2.05) is 11.9 Å². The maximum atomic E-state index is 12.3. The summed E-state index contributed by atoms with van der Waals surface area (Å²) < 4.78 is 0. The molecule has 1 heterocycles. The van der Waals surface area contributed by atoms with Gasteiger partial charge >= 0.3 is 0 Å². The van der Waals surface area contributed by atoms with Crippen LogP contribution in [0.2, 0.25) is 0 Å². The maximum absolute atomic E-state index is 12.3. The third kappa shape index (κ3) is 3.04. The third-order valence-electron chi connectivity index (χ3n) is 4.49. The minimum Gasteiger partial charge on any atom is -0.344 e. The summed E-state index contributed by atoms with van der Waals surface area (Å²) in [4.78, 5) is 16.6. The number of likely N-dealkylation sites (N-methyl/N-ethyl adjacent to an activating group) is 1. The van der Waals surface area contributed by atoms with Gasteiger partial charge in [-0.1, -0.05) is 25.7 Å². The molecule has 2 N–H and O–H groups in total. The van der Waals surface area contributed by atoms with E-state index in [2.05, 4.69) is 4.90 Å². The molecule has 1 saturated heterocycles. The second-order valence-electron chi connectivity index (χ2n) is 5.75. The van der Waals surface area contributed by atoms with E-state index >= 15 is 0 Å². The number of hydrogen-bond acceptors (Lipinski definition) is 3. The van der Waals surface area contributed by atoms with Gasteiger partial charge in [-0.2, -0.15) is 0 Å². The minimum absolute atomic E-state index is 0.0828. The van der Waals surface area contributed by atoms with Crippen LogP contribution in [0.1, 0.15) is 44.9 Å². The first-order valence-electron chi connectivity index (χ1n) is 7.45. The fourth-order valence-corrected chi connectivity index (χ4v) is 3.42. The van der Waals surface area contributed by atoms with Gasteiger partial charge in [0.15, 0.2) is 0 Å². The van der Waals surface area contributed by atoms with E-state index in [4.69, 9.17) is 5.73 Å². The molecule has 0 spiro atoms. The molecule has 4 heteroatoms. The van der Waals surface area contributed by atoms with Crippen molar-refractivity contribution in [2.24, 2.45) is 5.73 Å². The summed E-state index contributed by atoms with van der Waals surface area (Å²) in [6.07, 6.45) is 8.89. The van der Waals surface area contributed by atoms with Crippen LogP contribution in [0.15, 0.2) is 0 Å². The monoisotopic (exact) mass is 253 g/mol. The van der Waals surface area contributed by atoms with Gasteiger partial charge in [0.2, 0.25) is 5.91 Å². The average molecular weight is 253 g/mol. The van der Waals surface area contributed by atoms with Crippen LogP contribution in [0.3, 0.4) is 0 Å². The molecule has 1 saturated carbocycles. The van der Waals surface area contributed by atoms with E-state index in [9.17, 15) is 4.79 Å². The Morgan fingerprint density at radius 1 is 1.11 bits per heavy atom. The number of carbonyl (C=O) groups excluding carboxylic acids is 1. The summed E-state index contributed by atoms with van der Waals surface area (Å²) in [6.45, 7) is 2.36. The quantitative estimate of drug-likeness (QED) is 0.752.